The predicted octanol–water partition coefficient (Wildman–Crippen LogP) is 0.815. The molecule has 0 bridgehead atoms. The lowest BCUT2D eigenvalue weighted by atomic mass is 10.0. The molecular formula is C16H24N6O2. The van der Waals surface area contributed by atoms with E-state index in [0.29, 0.717) is 25.1 Å². The van der Waals surface area contributed by atoms with Crippen LogP contribution in [0.2, 0.25) is 0 Å². The Hall–Kier alpha value is -2.22. The second-order valence-corrected chi connectivity index (χ2v) is 7.53. The molecule has 1 fully saturated rings. The van der Waals surface area contributed by atoms with Crippen LogP contribution < -0.4 is 0 Å². The average Bonchev–Trinajstić information content (AvgIpc) is 3.18. The Bertz CT molecular complexity index is 730. The largest absolute Gasteiger partial charge is 0.386 e. The van der Waals surface area contributed by atoms with Gasteiger partial charge in [-0.25, -0.2) is 4.68 Å². The molecule has 130 valence electrons. The van der Waals surface area contributed by atoms with Crippen molar-refractivity contribution in [1.82, 2.24) is 29.7 Å². The number of hydrogen-bond donors (Lipinski definition) is 1. The van der Waals surface area contributed by atoms with Crippen LogP contribution in [0.1, 0.15) is 43.2 Å². The molecule has 0 aromatic carbocycles. The van der Waals surface area contributed by atoms with Gasteiger partial charge in [-0.2, -0.15) is 5.10 Å². The van der Waals surface area contributed by atoms with Gasteiger partial charge in [0, 0.05) is 18.4 Å². The standard InChI is InChI=1S/C16H24N6O2/c1-12-13(9-18-22(12)15(2,3)4)14(23)20-7-5-16(24,10-20)11-21-8-6-17-19-21/h6,8-9,24H,5,7,10-11H2,1-4H3. The molecule has 8 heteroatoms. The van der Waals surface area contributed by atoms with E-state index in [1.165, 1.54) is 0 Å². The predicted molar refractivity (Wildman–Crippen MR) is 87.5 cm³/mol. The minimum absolute atomic E-state index is 0.0856. The first kappa shape index (κ1) is 16.6. The van der Waals surface area contributed by atoms with Crippen molar-refractivity contribution >= 4 is 5.91 Å². The zero-order valence-electron chi connectivity index (χ0n) is 14.6. The van der Waals surface area contributed by atoms with Gasteiger partial charge in [-0.15, -0.1) is 5.10 Å². The molecule has 0 saturated carbocycles. The fraction of sp³-hybridized carbons (Fsp3) is 0.625. The second kappa shape index (κ2) is 5.70. The number of aliphatic hydroxyl groups is 1. The van der Waals surface area contributed by atoms with Gasteiger partial charge in [-0.05, 0) is 34.1 Å². The number of hydrogen-bond acceptors (Lipinski definition) is 5. The maximum absolute atomic E-state index is 12.8. The van der Waals surface area contributed by atoms with Crippen molar-refractivity contribution in [3.05, 3.63) is 29.8 Å². The quantitative estimate of drug-likeness (QED) is 0.899. The van der Waals surface area contributed by atoms with Gasteiger partial charge in [0.15, 0.2) is 0 Å². The lowest BCUT2D eigenvalue weighted by Gasteiger charge is -2.24. The Morgan fingerprint density at radius 2 is 2.17 bits per heavy atom. The zero-order valence-corrected chi connectivity index (χ0v) is 14.6. The van der Waals surface area contributed by atoms with Crippen molar-refractivity contribution in [1.29, 1.82) is 0 Å². The van der Waals surface area contributed by atoms with E-state index in [2.05, 4.69) is 15.4 Å². The van der Waals surface area contributed by atoms with Crippen LogP contribution in [0.15, 0.2) is 18.6 Å². The van der Waals surface area contributed by atoms with Gasteiger partial charge in [0.2, 0.25) is 0 Å². The van der Waals surface area contributed by atoms with Crippen molar-refractivity contribution in [2.75, 3.05) is 13.1 Å². The van der Waals surface area contributed by atoms with Crippen LogP contribution in [0.3, 0.4) is 0 Å². The fourth-order valence-corrected chi connectivity index (χ4v) is 3.24. The first-order valence-corrected chi connectivity index (χ1v) is 8.10. The van der Waals surface area contributed by atoms with Crippen LogP contribution in [0.25, 0.3) is 0 Å². The maximum Gasteiger partial charge on any atom is 0.257 e. The minimum Gasteiger partial charge on any atom is -0.386 e. The van der Waals surface area contributed by atoms with E-state index in [1.807, 2.05) is 32.4 Å². The lowest BCUT2D eigenvalue weighted by molar-refractivity contribution is 0.0266. The van der Waals surface area contributed by atoms with Gasteiger partial charge in [0.05, 0.1) is 36.6 Å². The molecule has 2 aromatic rings. The molecule has 1 unspecified atom stereocenters. The van der Waals surface area contributed by atoms with E-state index in [1.54, 1.807) is 28.2 Å². The van der Waals surface area contributed by atoms with E-state index in [9.17, 15) is 9.90 Å². The van der Waals surface area contributed by atoms with Gasteiger partial charge in [-0.3, -0.25) is 9.48 Å². The van der Waals surface area contributed by atoms with E-state index in [4.69, 9.17) is 0 Å². The number of aromatic nitrogens is 5. The summed E-state index contributed by atoms with van der Waals surface area (Å²) in [6.45, 7) is 9.19. The summed E-state index contributed by atoms with van der Waals surface area (Å²) < 4.78 is 3.45. The van der Waals surface area contributed by atoms with Crippen molar-refractivity contribution in [3.63, 3.8) is 0 Å². The molecular weight excluding hydrogens is 308 g/mol. The first-order chi connectivity index (χ1) is 11.2. The summed E-state index contributed by atoms with van der Waals surface area (Å²) in [4.78, 5) is 14.5. The number of nitrogens with zero attached hydrogens (tertiary/aromatic N) is 6. The molecule has 1 saturated heterocycles. The van der Waals surface area contributed by atoms with Gasteiger partial charge in [-0.1, -0.05) is 5.21 Å². The maximum atomic E-state index is 12.8. The summed E-state index contributed by atoms with van der Waals surface area (Å²) in [6, 6.07) is 0. The highest BCUT2D eigenvalue weighted by Crippen LogP contribution is 2.26. The van der Waals surface area contributed by atoms with Crippen LogP contribution in [-0.2, 0) is 12.1 Å². The molecule has 24 heavy (non-hydrogen) atoms. The number of carbonyl (C=O) groups excluding carboxylic acids is 1. The van der Waals surface area contributed by atoms with Gasteiger partial charge < -0.3 is 10.0 Å². The molecule has 1 aliphatic heterocycles. The number of likely N-dealkylation sites (tertiary alicyclic amines) is 1. The summed E-state index contributed by atoms with van der Waals surface area (Å²) in [6.07, 6.45) is 5.42. The van der Waals surface area contributed by atoms with Crippen molar-refractivity contribution in [2.45, 2.75) is 51.8 Å². The summed E-state index contributed by atoms with van der Waals surface area (Å²) in [5.74, 6) is -0.0856. The van der Waals surface area contributed by atoms with Crippen molar-refractivity contribution in [2.24, 2.45) is 0 Å². The van der Waals surface area contributed by atoms with E-state index in [-0.39, 0.29) is 18.0 Å². The Morgan fingerprint density at radius 3 is 2.75 bits per heavy atom. The number of β-amino-alcohol motifs (C(OH)–C–C–N with tert-alkyl or cyclic N) is 1. The first-order valence-electron chi connectivity index (χ1n) is 8.10. The van der Waals surface area contributed by atoms with Crippen LogP contribution in [-0.4, -0.2) is 59.4 Å². The van der Waals surface area contributed by atoms with Gasteiger partial charge in [0.1, 0.15) is 5.60 Å². The van der Waals surface area contributed by atoms with Crippen LogP contribution in [0, 0.1) is 6.92 Å². The molecule has 1 aliphatic rings. The number of amides is 1. The lowest BCUT2D eigenvalue weighted by Crippen LogP contribution is -2.39. The van der Waals surface area contributed by atoms with E-state index >= 15 is 0 Å². The monoisotopic (exact) mass is 332 g/mol. The Kier molecular flexibility index (Phi) is 3.95. The molecule has 1 N–H and O–H groups in total. The minimum atomic E-state index is -0.975. The third-order valence-electron chi connectivity index (χ3n) is 4.42. The molecule has 3 rings (SSSR count). The highest BCUT2D eigenvalue weighted by molar-refractivity contribution is 5.95. The summed E-state index contributed by atoms with van der Waals surface area (Å²) in [5.41, 5.74) is 0.285. The molecule has 1 amide bonds. The molecule has 2 aromatic heterocycles. The topological polar surface area (TPSA) is 89.1 Å². The third-order valence-corrected chi connectivity index (χ3v) is 4.42. The zero-order chi connectivity index (χ0) is 17.5. The van der Waals surface area contributed by atoms with Crippen LogP contribution >= 0.6 is 0 Å². The van der Waals surface area contributed by atoms with Gasteiger partial charge in [0.25, 0.3) is 5.91 Å². The molecule has 3 heterocycles. The summed E-state index contributed by atoms with van der Waals surface area (Å²) >= 11 is 0. The number of carbonyl (C=O) groups is 1. The van der Waals surface area contributed by atoms with Gasteiger partial charge >= 0.3 is 0 Å². The van der Waals surface area contributed by atoms with Crippen LogP contribution in [0.5, 0.6) is 0 Å². The molecule has 0 radical (unpaired) electrons. The SMILES string of the molecule is Cc1c(C(=O)N2CCC(O)(Cn3ccnn3)C2)cnn1C(C)(C)C. The Labute approximate surface area is 141 Å². The Morgan fingerprint density at radius 1 is 1.42 bits per heavy atom. The fourth-order valence-electron chi connectivity index (χ4n) is 3.24. The van der Waals surface area contributed by atoms with Crippen molar-refractivity contribution in [3.8, 4) is 0 Å². The van der Waals surface area contributed by atoms with Crippen LogP contribution in [0.4, 0.5) is 0 Å². The third kappa shape index (κ3) is 3.06. The normalized spacial score (nSPS) is 21.5. The van der Waals surface area contributed by atoms with E-state index in [0.717, 1.165) is 5.69 Å². The molecule has 0 aliphatic carbocycles. The molecule has 0 spiro atoms. The second-order valence-electron chi connectivity index (χ2n) is 7.53. The Balaban J connectivity index is 1.74. The van der Waals surface area contributed by atoms with Crippen molar-refractivity contribution < 1.29 is 9.90 Å². The number of rotatable bonds is 3. The average molecular weight is 332 g/mol. The molecule has 8 nitrogen and oxygen atoms in total. The highest BCUT2D eigenvalue weighted by Gasteiger charge is 2.39. The smallest absolute Gasteiger partial charge is 0.257 e. The van der Waals surface area contributed by atoms with E-state index < -0.39 is 5.60 Å². The summed E-state index contributed by atoms with van der Waals surface area (Å²) in [5, 5.41) is 22.7. The highest BCUT2D eigenvalue weighted by atomic mass is 16.3. The molecule has 1 atom stereocenters. The summed E-state index contributed by atoms with van der Waals surface area (Å²) in [7, 11) is 0.